The second-order valence-corrected chi connectivity index (χ2v) is 4.66. The van der Waals surface area contributed by atoms with Crippen molar-refractivity contribution in [1.29, 1.82) is 0 Å². The Labute approximate surface area is 137 Å². The van der Waals surface area contributed by atoms with Gasteiger partial charge in [-0.1, -0.05) is 6.07 Å². The summed E-state index contributed by atoms with van der Waals surface area (Å²) in [4.78, 5) is 33.2. The molecular weight excluding hydrogens is 316 g/mol. The predicted molar refractivity (Wildman–Crippen MR) is 85.0 cm³/mol. The minimum absolute atomic E-state index is 0.119. The van der Waals surface area contributed by atoms with Gasteiger partial charge in [0, 0.05) is 11.8 Å². The average molecular weight is 330 g/mol. The first-order valence-electron chi connectivity index (χ1n) is 6.85. The van der Waals surface area contributed by atoms with Crippen LogP contribution in [0, 0.1) is 10.1 Å². The summed E-state index contributed by atoms with van der Waals surface area (Å²) in [6.07, 6.45) is 0. The highest BCUT2D eigenvalue weighted by atomic mass is 16.6. The monoisotopic (exact) mass is 330 g/mol. The largest absolute Gasteiger partial charge is 0.484 e. The summed E-state index contributed by atoms with van der Waals surface area (Å²) in [7, 11) is 1.28. The summed E-state index contributed by atoms with van der Waals surface area (Å²) in [5, 5.41) is 13.3. The van der Waals surface area contributed by atoms with E-state index in [9.17, 15) is 19.7 Å². The average Bonchev–Trinajstić information content (AvgIpc) is 2.60. The van der Waals surface area contributed by atoms with E-state index >= 15 is 0 Å². The Morgan fingerprint density at radius 3 is 2.50 bits per heavy atom. The number of rotatable bonds is 6. The number of anilines is 1. The first kappa shape index (κ1) is 16.9. The lowest BCUT2D eigenvalue weighted by molar-refractivity contribution is -0.384. The number of ether oxygens (including phenoxy) is 2. The summed E-state index contributed by atoms with van der Waals surface area (Å²) in [5.74, 6) is -0.686. The molecule has 1 N–H and O–H groups in total. The van der Waals surface area contributed by atoms with Gasteiger partial charge >= 0.3 is 5.97 Å². The van der Waals surface area contributed by atoms with Gasteiger partial charge in [0.15, 0.2) is 6.61 Å². The quantitative estimate of drug-likeness (QED) is 0.495. The number of benzene rings is 2. The molecule has 2 rings (SSSR count). The fourth-order valence-corrected chi connectivity index (χ4v) is 1.84. The molecular formula is C16H14N2O6. The number of nitrogens with zero attached hydrogens (tertiary/aromatic N) is 1. The Kier molecular flexibility index (Phi) is 5.45. The number of methoxy groups -OCH3 is 1. The molecule has 24 heavy (non-hydrogen) atoms. The summed E-state index contributed by atoms with van der Waals surface area (Å²) in [6.45, 7) is -0.306. The third kappa shape index (κ3) is 4.54. The highest BCUT2D eigenvalue weighted by Crippen LogP contribution is 2.19. The van der Waals surface area contributed by atoms with Gasteiger partial charge in [-0.3, -0.25) is 14.9 Å². The maximum absolute atomic E-state index is 11.8. The maximum Gasteiger partial charge on any atom is 0.337 e. The Morgan fingerprint density at radius 1 is 1.17 bits per heavy atom. The second-order valence-electron chi connectivity index (χ2n) is 4.66. The van der Waals surface area contributed by atoms with Gasteiger partial charge in [-0.2, -0.15) is 0 Å². The van der Waals surface area contributed by atoms with Crippen LogP contribution in [0.1, 0.15) is 10.4 Å². The van der Waals surface area contributed by atoms with Crippen LogP contribution in [0.15, 0.2) is 48.5 Å². The van der Waals surface area contributed by atoms with E-state index in [0.717, 1.165) is 0 Å². The summed E-state index contributed by atoms with van der Waals surface area (Å²) in [6, 6.07) is 11.7. The predicted octanol–water partition coefficient (Wildman–Crippen LogP) is 2.40. The van der Waals surface area contributed by atoms with Crippen LogP contribution in [0.4, 0.5) is 11.4 Å². The number of hydrogen-bond donors (Lipinski definition) is 1. The number of carbonyl (C=O) groups is 2. The minimum atomic E-state index is -0.546. The van der Waals surface area contributed by atoms with E-state index in [1.165, 1.54) is 43.5 Å². The third-order valence-electron chi connectivity index (χ3n) is 2.99. The molecule has 0 fully saturated rings. The fourth-order valence-electron chi connectivity index (χ4n) is 1.84. The molecule has 0 aliphatic rings. The third-order valence-corrected chi connectivity index (χ3v) is 2.99. The van der Waals surface area contributed by atoms with Crippen molar-refractivity contribution in [1.82, 2.24) is 0 Å². The molecule has 8 heteroatoms. The lowest BCUT2D eigenvalue weighted by atomic mass is 10.2. The van der Waals surface area contributed by atoms with Crippen molar-refractivity contribution in [3.8, 4) is 5.75 Å². The molecule has 0 unspecified atom stereocenters. The zero-order valence-electron chi connectivity index (χ0n) is 12.7. The van der Waals surface area contributed by atoms with E-state index in [4.69, 9.17) is 4.74 Å². The Bertz CT molecular complexity index is 757. The van der Waals surface area contributed by atoms with Crippen LogP contribution in [0.5, 0.6) is 5.75 Å². The molecule has 0 saturated heterocycles. The maximum atomic E-state index is 11.8. The van der Waals surface area contributed by atoms with E-state index in [1.807, 2.05) is 0 Å². The summed E-state index contributed by atoms with van der Waals surface area (Å²) >= 11 is 0. The molecule has 8 nitrogen and oxygen atoms in total. The Hall–Kier alpha value is -3.42. The highest BCUT2D eigenvalue weighted by molar-refractivity contribution is 5.93. The number of esters is 1. The molecule has 0 aliphatic heterocycles. The molecule has 0 saturated carbocycles. The van der Waals surface area contributed by atoms with Crippen molar-refractivity contribution >= 4 is 23.3 Å². The van der Waals surface area contributed by atoms with Crippen LogP contribution < -0.4 is 10.1 Å². The lowest BCUT2D eigenvalue weighted by Gasteiger charge is -2.08. The molecule has 0 heterocycles. The SMILES string of the molecule is COC(=O)c1ccc(NC(=O)COc2cccc([N+](=O)[O-])c2)cc1. The van der Waals surface area contributed by atoms with Gasteiger partial charge in [0.1, 0.15) is 5.75 Å². The van der Waals surface area contributed by atoms with Crippen LogP contribution in [0.25, 0.3) is 0 Å². The van der Waals surface area contributed by atoms with Crippen LogP contribution in [-0.4, -0.2) is 30.5 Å². The van der Waals surface area contributed by atoms with E-state index < -0.39 is 16.8 Å². The van der Waals surface area contributed by atoms with Crippen molar-refractivity contribution < 1.29 is 24.0 Å². The molecule has 1 amide bonds. The van der Waals surface area contributed by atoms with Crippen molar-refractivity contribution in [2.75, 3.05) is 19.0 Å². The Morgan fingerprint density at radius 2 is 1.88 bits per heavy atom. The van der Waals surface area contributed by atoms with Crippen molar-refractivity contribution in [2.45, 2.75) is 0 Å². The number of carbonyl (C=O) groups excluding carboxylic acids is 2. The van der Waals surface area contributed by atoms with E-state index in [1.54, 1.807) is 12.1 Å². The van der Waals surface area contributed by atoms with Gasteiger partial charge in [-0.15, -0.1) is 0 Å². The molecule has 2 aromatic rings. The minimum Gasteiger partial charge on any atom is -0.484 e. The highest BCUT2D eigenvalue weighted by Gasteiger charge is 2.09. The zero-order chi connectivity index (χ0) is 17.5. The normalized spacial score (nSPS) is 9.88. The van der Waals surface area contributed by atoms with Crippen LogP contribution in [0.3, 0.4) is 0 Å². The topological polar surface area (TPSA) is 108 Å². The standard InChI is InChI=1S/C16H14N2O6/c1-23-16(20)11-5-7-12(8-6-11)17-15(19)10-24-14-4-2-3-13(9-14)18(21)22/h2-9H,10H2,1H3,(H,17,19). The Balaban J connectivity index is 1.90. The molecule has 0 aliphatic carbocycles. The van der Waals surface area contributed by atoms with E-state index in [0.29, 0.717) is 11.3 Å². The van der Waals surface area contributed by atoms with E-state index in [-0.39, 0.29) is 18.0 Å². The lowest BCUT2D eigenvalue weighted by Crippen LogP contribution is -2.20. The van der Waals surface area contributed by atoms with Gasteiger partial charge in [0.05, 0.1) is 23.7 Å². The number of nitro groups is 1. The number of amides is 1. The van der Waals surface area contributed by atoms with Gasteiger partial charge in [-0.05, 0) is 30.3 Å². The van der Waals surface area contributed by atoms with Gasteiger partial charge < -0.3 is 14.8 Å². The van der Waals surface area contributed by atoms with E-state index in [2.05, 4.69) is 10.1 Å². The fraction of sp³-hybridized carbons (Fsp3) is 0.125. The summed E-state index contributed by atoms with van der Waals surface area (Å²) < 4.78 is 9.80. The zero-order valence-corrected chi connectivity index (χ0v) is 12.7. The first-order valence-corrected chi connectivity index (χ1v) is 6.85. The smallest absolute Gasteiger partial charge is 0.337 e. The van der Waals surface area contributed by atoms with Gasteiger partial charge in [-0.25, -0.2) is 4.79 Å². The van der Waals surface area contributed by atoms with Crippen LogP contribution in [-0.2, 0) is 9.53 Å². The molecule has 0 aromatic heterocycles. The number of nitro benzene ring substituents is 1. The van der Waals surface area contributed by atoms with Gasteiger partial charge in [0.2, 0.25) is 0 Å². The number of non-ortho nitro benzene ring substituents is 1. The first-order chi connectivity index (χ1) is 11.5. The molecule has 0 bridgehead atoms. The van der Waals surface area contributed by atoms with Crippen LogP contribution in [0.2, 0.25) is 0 Å². The molecule has 0 radical (unpaired) electrons. The molecule has 0 spiro atoms. The number of nitrogens with one attached hydrogen (secondary N) is 1. The molecule has 2 aromatic carbocycles. The van der Waals surface area contributed by atoms with Crippen molar-refractivity contribution in [3.05, 3.63) is 64.2 Å². The second kappa shape index (κ2) is 7.73. The van der Waals surface area contributed by atoms with Gasteiger partial charge in [0.25, 0.3) is 11.6 Å². The van der Waals surface area contributed by atoms with Crippen molar-refractivity contribution in [2.24, 2.45) is 0 Å². The van der Waals surface area contributed by atoms with Crippen molar-refractivity contribution in [3.63, 3.8) is 0 Å². The number of hydrogen-bond acceptors (Lipinski definition) is 6. The van der Waals surface area contributed by atoms with Crippen LogP contribution >= 0.6 is 0 Å². The molecule has 0 atom stereocenters. The summed E-state index contributed by atoms with van der Waals surface area (Å²) in [5.41, 5.74) is 0.727. The molecule has 124 valence electrons.